The summed E-state index contributed by atoms with van der Waals surface area (Å²) in [7, 11) is 0. The molecular formula is C24H24N2O4. The van der Waals surface area contributed by atoms with Crippen LogP contribution in [0.15, 0.2) is 78.9 Å². The van der Waals surface area contributed by atoms with Crippen LogP contribution in [0.2, 0.25) is 0 Å². The van der Waals surface area contributed by atoms with Gasteiger partial charge in [0.2, 0.25) is 0 Å². The van der Waals surface area contributed by atoms with E-state index < -0.39 is 0 Å². The van der Waals surface area contributed by atoms with E-state index in [9.17, 15) is 9.59 Å². The fraction of sp³-hybridized carbons (Fsp3) is 0.167. The van der Waals surface area contributed by atoms with Crippen molar-refractivity contribution in [2.24, 2.45) is 0 Å². The second-order valence-electron chi connectivity index (χ2n) is 6.42. The quantitative estimate of drug-likeness (QED) is 0.511. The molecular weight excluding hydrogens is 380 g/mol. The van der Waals surface area contributed by atoms with Crippen molar-refractivity contribution in [2.75, 3.05) is 30.5 Å². The van der Waals surface area contributed by atoms with Crippen LogP contribution in [0.25, 0.3) is 0 Å². The van der Waals surface area contributed by atoms with Crippen LogP contribution in [0, 0.1) is 0 Å². The number of hydrogen-bond acceptors (Lipinski definition) is 4. The minimum atomic E-state index is -0.225. The Hall–Kier alpha value is -3.64. The fourth-order valence-corrected chi connectivity index (χ4v) is 2.70. The number of rotatable bonds is 9. The first kappa shape index (κ1) is 21.1. The van der Waals surface area contributed by atoms with Crippen LogP contribution in [0.5, 0.6) is 5.75 Å². The van der Waals surface area contributed by atoms with E-state index in [1.807, 2.05) is 25.1 Å². The molecule has 154 valence electrons. The highest BCUT2D eigenvalue weighted by Gasteiger charge is 2.08. The van der Waals surface area contributed by atoms with Gasteiger partial charge < -0.3 is 20.1 Å². The van der Waals surface area contributed by atoms with Gasteiger partial charge in [-0.3, -0.25) is 9.59 Å². The Morgan fingerprint density at radius 3 is 1.77 bits per heavy atom. The summed E-state index contributed by atoms with van der Waals surface area (Å²) >= 11 is 0. The number of carbonyl (C=O) groups is 2. The molecule has 0 atom stereocenters. The van der Waals surface area contributed by atoms with Crippen LogP contribution >= 0.6 is 0 Å². The molecule has 0 saturated heterocycles. The molecule has 0 spiro atoms. The van der Waals surface area contributed by atoms with Crippen molar-refractivity contribution >= 4 is 23.2 Å². The molecule has 6 heteroatoms. The monoisotopic (exact) mass is 404 g/mol. The number of ether oxygens (including phenoxy) is 2. The van der Waals surface area contributed by atoms with Crippen LogP contribution in [-0.2, 0) is 4.74 Å². The van der Waals surface area contributed by atoms with Crippen LogP contribution in [0.1, 0.15) is 27.6 Å². The average Bonchev–Trinajstić information content (AvgIpc) is 2.79. The van der Waals surface area contributed by atoms with Crippen molar-refractivity contribution < 1.29 is 19.1 Å². The highest BCUT2D eigenvalue weighted by molar-refractivity contribution is 6.05. The Labute approximate surface area is 175 Å². The second kappa shape index (κ2) is 10.8. The third-order valence-electron chi connectivity index (χ3n) is 4.25. The largest absolute Gasteiger partial charge is 0.491 e. The van der Waals surface area contributed by atoms with Crippen LogP contribution < -0.4 is 15.4 Å². The molecule has 0 aliphatic carbocycles. The molecule has 0 saturated carbocycles. The van der Waals surface area contributed by atoms with Gasteiger partial charge in [-0.05, 0) is 67.6 Å². The predicted octanol–water partition coefficient (Wildman–Crippen LogP) is 4.61. The molecule has 6 nitrogen and oxygen atoms in total. The van der Waals surface area contributed by atoms with Gasteiger partial charge in [0.15, 0.2) is 0 Å². The van der Waals surface area contributed by atoms with E-state index in [2.05, 4.69) is 10.6 Å². The molecule has 0 bridgehead atoms. The van der Waals surface area contributed by atoms with Gasteiger partial charge in [-0.1, -0.05) is 18.2 Å². The van der Waals surface area contributed by atoms with Gasteiger partial charge >= 0.3 is 0 Å². The van der Waals surface area contributed by atoms with E-state index in [0.717, 1.165) is 0 Å². The number of benzene rings is 3. The number of nitrogens with one attached hydrogen (secondary N) is 2. The summed E-state index contributed by atoms with van der Waals surface area (Å²) in [5.41, 5.74) is 2.39. The van der Waals surface area contributed by atoms with Gasteiger partial charge in [0.1, 0.15) is 12.4 Å². The maximum Gasteiger partial charge on any atom is 0.255 e. The molecule has 0 aliphatic rings. The summed E-state index contributed by atoms with van der Waals surface area (Å²) in [5, 5.41) is 5.66. The van der Waals surface area contributed by atoms with E-state index in [-0.39, 0.29) is 11.8 Å². The van der Waals surface area contributed by atoms with Crippen molar-refractivity contribution in [2.45, 2.75) is 6.92 Å². The van der Waals surface area contributed by atoms with Crippen molar-refractivity contribution in [3.63, 3.8) is 0 Å². The molecule has 2 amide bonds. The van der Waals surface area contributed by atoms with E-state index in [0.29, 0.717) is 48.1 Å². The lowest BCUT2D eigenvalue weighted by Crippen LogP contribution is -2.13. The summed E-state index contributed by atoms with van der Waals surface area (Å²) in [4.78, 5) is 24.6. The zero-order valence-corrected chi connectivity index (χ0v) is 16.8. The normalized spacial score (nSPS) is 10.3. The molecule has 3 aromatic carbocycles. The first-order valence-corrected chi connectivity index (χ1v) is 9.74. The van der Waals surface area contributed by atoms with Crippen molar-refractivity contribution in [3.05, 3.63) is 90.0 Å². The molecule has 2 N–H and O–H groups in total. The zero-order valence-electron chi connectivity index (χ0n) is 16.8. The van der Waals surface area contributed by atoms with E-state index in [1.165, 1.54) is 0 Å². The summed E-state index contributed by atoms with van der Waals surface area (Å²) in [6, 6.07) is 22.9. The lowest BCUT2D eigenvalue weighted by atomic mass is 10.2. The van der Waals surface area contributed by atoms with Gasteiger partial charge in [-0.15, -0.1) is 0 Å². The molecule has 0 heterocycles. The highest BCUT2D eigenvalue weighted by Crippen LogP contribution is 2.17. The maximum absolute atomic E-state index is 12.4. The predicted molar refractivity (Wildman–Crippen MR) is 117 cm³/mol. The molecule has 0 fully saturated rings. The number of amides is 2. The summed E-state index contributed by atoms with van der Waals surface area (Å²) in [5.74, 6) is 0.276. The minimum Gasteiger partial charge on any atom is -0.491 e. The van der Waals surface area contributed by atoms with E-state index >= 15 is 0 Å². The van der Waals surface area contributed by atoms with E-state index in [4.69, 9.17) is 9.47 Å². The third kappa shape index (κ3) is 6.18. The highest BCUT2D eigenvalue weighted by atomic mass is 16.5. The third-order valence-corrected chi connectivity index (χ3v) is 4.25. The molecule has 0 aromatic heterocycles. The minimum absolute atomic E-state index is 0.184. The van der Waals surface area contributed by atoms with Crippen LogP contribution in [0.3, 0.4) is 0 Å². The Morgan fingerprint density at radius 1 is 0.700 bits per heavy atom. The standard InChI is InChI=1S/C24H24N2O4/c1-2-29-16-17-30-22-14-8-19(9-15-22)24(28)26-21-12-10-20(11-13-21)25-23(27)18-6-4-3-5-7-18/h3-15H,2,16-17H2,1H3,(H,25,27)(H,26,28). The fourth-order valence-electron chi connectivity index (χ4n) is 2.70. The van der Waals surface area contributed by atoms with Gasteiger partial charge in [0.25, 0.3) is 11.8 Å². The van der Waals surface area contributed by atoms with Gasteiger partial charge in [-0.25, -0.2) is 0 Å². The Morgan fingerprint density at radius 2 is 1.23 bits per heavy atom. The molecule has 0 unspecified atom stereocenters. The van der Waals surface area contributed by atoms with Crippen LogP contribution in [0.4, 0.5) is 11.4 Å². The smallest absolute Gasteiger partial charge is 0.255 e. The SMILES string of the molecule is CCOCCOc1ccc(C(=O)Nc2ccc(NC(=O)c3ccccc3)cc2)cc1. The first-order chi connectivity index (χ1) is 14.7. The first-order valence-electron chi connectivity index (χ1n) is 9.74. The number of carbonyl (C=O) groups excluding carboxylic acids is 2. The average molecular weight is 404 g/mol. The van der Waals surface area contributed by atoms with E-state index in [1.54, 1.807) is 60.7 Å². The van der Waals surface area contributed by atoms with Gasteiger partial charge in [-0.2, -0.15) is 0 Å². The Bertz CT molecular complexity index is 955. The molecule has 0 radical (unpaired) electrons. The number of hydrogen-bond donors (Lipinski definition) is 2. The summed E-state index contributed by atoms with van der Waals surface area (Å²) in [6.07, 6.45) is 0. The van der Waals surface area contributed by atoms with Gasteiger partial charge in [0.05, 0.1) is 6.61 Å². The lowest BCUT2D eigenvalue weighted by molar-refractivity contribution is 0.101. The molecule has 30 heavy (non-hydrogen) atoms. The zero-order chi connectivity index (χ0) is 21.2. The maximum atomic E-state index is 12.4. The van der Waals surface area contributed by atoms with Crippen molar-refractivity contribution in [1.29, 1.82) is 0 Å². The Kier molecular flexibility index (Phi) is 7.58. The molecule has 0 aliphatic heterocycles. The van der Waals surface area contributed by atoms with Crippen molar-refractivity contribution in [1.82, 2.24) is 0 Å². The summed E-state index contributed by atoms with van der Waals surface area (Å²) in [6.45, 7) is 3.58. The molecule has 3 aromatic rings. The van der Waals surface area contributed by atoms with Crippen molar-refractivity contribution in [3.8, 4) is 5.75 Å². The van der Waals surface area contributed by atoms with Crippen LogP contribution in [-0.4, -0.2) is 31.6 Å². The topological polar surface area (TPSA) is 76.7 Å². The Balaban J connectivity index is 1.52. The second-order valence-corrected chi connectivity index (χ2v) is 6.42. The summed E-state index contributed by atoms with van der Waals surface area (Å²) < 4.78 is 10.8. The number of anilines is 2. The lowest BCUT2D eigenvalue weighted by Gasteiger charge is -2.09. The molecule has 3 rings (SSSR count). The van der Waals surface area contributed by atoms with Gasteiger partial charge in [0, 0.05) is 29.1 Å².